The standard InChI is InChI=1S/C13H13ClF3NO/c14-7-8-1-3-18(4-2-8)13(19)12-10(16)5-9(15)6-11(12)17/h5-6,8H,1-4,7H2. The highest BCUT2D eigenvalue weighted by molar-refractivity contribution is 6.18. The number of carbonyl (C=O) groups excluding carboxylic acids is 1. The Hall–Kier alpha value is -1.23. The summed E-state index contributed by atoms with van der Waals surface area (Å²) < 4.78 is 39.8. The number of likely N-dealkylation sites (tertiary alicyclic amines) is 1. The molecule has 2 nitrogen and oxygen atoms in total. The first-order valence-corrected chi connectivity index (χ1v) is 6.56. The Balaban J connectivity index is 2.17. The van der Waals surface area contributed by atoms with Gasteiger partial charge in [-0.1, -0.05) is 0 Å². The molecule has 19 heavy (non-hydrogen) atoms. The lowest BCUT2D eigenvalue weighted by atomic mass is 9.98. The minimum absolute atomic E-state index is 0.327. The van der Waals surface area contributed by atoms with Gasteiger partial charge in [0, 0.05) is 31.1 Å². The van der Waals surface area contributed by atoms with Gasteiger partial charge >= 0.3 is 0 Å². The van der Waals surface area contributed by atoms with Crippen molar-refractivity contribution in [3.63, 3.8) is 0 Å². The van der Waals surface area contributed by atoms with E-state index in [1.165, 1.54) is 4.90 Å². The fourth-order valence-corrected chi connectivity index (χ4v) is 2.50. The predicted octanol–water partition coefficient (Wildman–Crippen LogP) is 3.19. The van der Waals surface area contributed by atoms with Gasteiger partial charge < -0.3 is 4.90 Å². The topological polar surface area (TPSA) is 20.3 Å². The molecule has 6 heteroatoms. The van der Waals surface area contributed by atoms with Gasteiger partial charge in [0.05, 0.1) is 0 Å². The molecule has 0 N–H and O–H groups in total. The minimum atomic E-state index is -1.16. The van der Waals surface area contributed by atoms with Crippen molar-refractivity contribution < 1.29 is 18.0 Å². The molecule has 0 bridgehead atoms. The van der Waals surface area contributed by atoms with Crippen molar-refractivity contribution in [3.8, 4) is 0 Å². The molecule has 2 rings (SSSR count). The number of halogens is 4. The van der Waals surface area contributed by atoms with Crippen LogP contribution in [0.5, 0.6) is 0 Å². The Morgan fingerprint density at radius 3 is 2.21 bits per heavy atom. The van der Waals surface area contributed by atoms with E-state index in [-0.39, 0.29) is 0 Å². The highest BCUT2D eigenvalue weighted by Gasteiger charge is 2.27. The Bertz CT molecular complexity index is 464. The molecule has 0 aliphatic carbocycles. The highest BCUT2D eigenvalue weighted by atomic mass is 35.5. The first-order valence-electron chi connectivity index (χ1n) is 6.02. The zero-order valence-corrected chi connectivity index (χ0v) is 10.9. The molecule has 104 valence electrons. The molecule has 1 aliphatic rings. The molecule has 0 saturated carbocycles. The third-order valence-electron chi connectivity index (χ3n) is 3.34. The van der Waals surface area contributed by atoms with Gasteiger partial charge in [-0.2, -0.15) is 0 Å². The number of hydrogen-bond acceptors (Lipinski definition) is 1. The number of benzene rings is 1. The third kappa shape index (κ3) is 3.03. The van der Waals surface area contributed by atoms with Crippen LogP contribution in [0.1, 0.15) is 23.2 Å². The molecule has 1 aromatic rings. The molecule has 0 spiro atoms. The second kappa shape index (κ2) is 5.82. The van der Waals surface area contributed by atoms with Gasteiger partial charge in [-0.3, -0.25) is 4.79 Å². The molecule has 0 radical (unpaired) electrons. The maximum absolute atomic E-state index is 13.5. The van der Waals surface area contributed by atoms with Crippen LogP contribution in [0.3, 0.4) is 0 Å². The summed E-state index contributed by atoms with van der Waals surface area (Å²) in [6.45, 7) is 0.818. The summed E-state index contributed by atoms with van der Waals surface area (Å²) in [6.07, 6.45) is 1.42. The van der Waals surface area contributed by atoms with Crippen LogP contribution in [0.4, 0.5) is 13.2 Å². The summed E-state index contributed by atoms with van der Waals surface area (Å²) in [7, 11) is 0. The number of alkyl halides is 1. The van der Waals surface area contributed by atoms with Gasteiger partial charge in [0.2, 0.25) is 0 Å². The summed E-state index contributed by atoms with van der Waals surface area (Å²) in [5.41, 5.74) is -0.689. The smallest absolute Gasteiger partial charge is 0.259 e. The minimum Gasteiger partial charge on any atom is -0.338 e. The van der Waals surface area contributed by atoms with E-state index in [1.54, 1.807) is 0 Å². The van der Waals surface area contributed by atoms with Crippen LogP contribution >= 0.6 is 11.6 Å². The van der Waals surface area contributed by atoms with Crippen molar-refractivity contribution in [3.05, 3.63) is 35.1 Å². The summed E-state index contributed by atoms with van der Waals surface area (Å²) in [5.74, 6) is -3.26. The lowest BCUT2D eigenvalue weighted by Gasteiger charge is -2.31. The largest absolute Gasteiger partial charge is 0.338 e. The molecule has 1 saturated heterocycles. The molecule has 1 aromatic carbocycles. The van der Waals surface area contributed by atoms with Crippen molar-refractivity contribution in [2.45, 2.75) is 12.8 Å². The Morgan fingerprint density at radius 1 is 1.21 bits per heavy atom. The quantitative estimate of drug-likeness (QED) is 0.766. The molecule has 0 unspecified atom stereocenters. The van der Waals surface area contributed by atoms with Crippen LogP contribution in [0, 0.1) is 23.4 Å². The van der Waals surface area contributed by atoms with Crippen LogP contribution in [0.15, 0.2) is 12.1 Å². The molecular weight excluding hydrogens is 279 g/mol. The fourth-order valence-electron chi connectivity index (χ4n) is 2.19. The van der Waals surface area contributed by atoms with E-state index in [0.29, 0.717) is 49.9 Å². The first-order chi connectivity index (χ1) is 9.02. The van der Waals surface area contributed by atoms with Crippen LogP contribution in [-0.4, -0.2) is 29.8 Å². The second-order valence-electron chi connectivity index (χ2n) is 4.63. The fraction of sp³-hybridized carbons (Fsp3) is 0.462. The van der Waals surface area contributed by atoms with Crippen molar-refractivity contribution in [1.82, 2.24) is 4.90 Å². The van der Waals surface area contributed by atoms with E-state index < -0.39 is 28.9 Å². The Kier molecular flexibility index (Phi) is 4.34. The van der Waals surface area contributed by atoms with Gasteiger partial charge in [0.1, 0.15) is 23.0 Å². The van der Waals surface area contributed by atoms with Gasteiger partial charge in [-0.15, -0.1) is 11.6 Å². The van der Waals surface area contributed by atoms with Crippen molar-refractivity contribution in [2.24, 2.45) is 5.92 Å². The van der Waals surface area contributed by atoms with Crippen LogP contribution < -0.4 is 0 Å². The normalized spacial score (nSPS) is 16.7. The summed E-state index contributed by atoms with van der Waals surface area (Å²) in [4.78, 5) is 13.4. The maximum atomic E-state index is 13.5. The lowest BCUT2D eigenvalue weighted by molar-refractivity contribution is 0.0688. The van der Waals surface area contributed by atoms with E-state index in [4.69, 9.17) is 11.6 Å². The summed E-state index contributed by atoms with van der Waals surface area (Å²) >= 11 is 5.73. The lowest BCUT2D eigenvalue weighted by Crippen LogP contribution is -2.39. The SMILES string of the molecule is O=C(c1c(F)cc(F)cc1F)N1CCC(CCl)CC1. The monoisotopic (exact) mass is 291 g/mol. The zero-order valence-electron chi connectivity index (χ0n) is 10.1. The Morgan fingerprint density at radius 2 is 1.74 bits per heavy atom. The average Bonchev–Trinajstić information content (AvgIpc) is 2.37. The molecule has 1 fully saturated rings. The molecule has 0 aromatic heterocycles. The number of amides is 1. The van der Waals surface area contributed by atoms with E-state index in [2.05, 4.69) is 0 Å². The summed E-state index contributed by atoms with van der Waals surface area (Å²) in [5, 5.41) is 0. The zero-order chi connectivity index (χ0) is 14.0. The molecule has 1 heterocycles. The average molecular weight is 292 g/mol. The van der Waals surface area contributed by atoms with Crippen molar-refractivity contribution >= 4 is 17.5 Å². The van der Waals surface area contributed by atoms with E-state index in [0.717, 1.165) is 0 Å². The number of rotatable bonds is 2. The Labute approximate surface area is 114 Å². The van der Waals surface area contributed by atoms with Gasteiger partial charge in [-0.05, 0) is 18.8 Å². The number of nitrogens with zero attached hydrogens (tertiary/aromatic N) is 1. The van der Waals surface area contributed by atoms with Gasteiger partial charge in [-0.25, -0.2) is 13.2 Å². The van der Waals surface area contributed by atoms with Crippen LogP contribution in [-0.2, 0) is 0 Å². The van der Waals surface area contributed by atoms with E-state index in [1.807, 2.05) is 0 Å². The molecule has 0 atom stereocenters. The molecule has 1 aliphatic heterocycles. The van der Waals surface area contributed by atoms with E-state index >= 15 is 0 Å². The van der Waals surface area contributed by atoms with Gasteiger partial charge in [0.25, 0.3) is 5.91 Å². The van der Waals surface area contributed by atoms with Crippen molar-refractivity contribution in [1.29, 1.82) is 0 Å². The summed E-state index contributed by atoms with van der Waals surface area (Å²) in [6, 6.07) is 1.03. The van der Waals surface area contributed by atoms with Crippen LogP contribution in [0.25, 0.3) is 0 Å². The number of piperidine rings is 1. The highest BCUT2D eigenvalue weighted by Crippen LogP contribution is 2.22. The maximum Gasteiger partial charge on any atom is 0.259 e. The number of hydrogen-bond donors (Lipinski definition) is 0. The second-order valence-corrected chi connectivity index (χ2v) is 4.94. The third-order valence-corrected chi connectivity index (χ3v) is 3.78. The first kappa shape index (κ1) is 14.2. The van der Waals surface area contributed by atoms with Crippen LogP contribution in [0.2, 0.25) is 0 Å². The number of carbonyl (C=O) groups is 1. The molecule has 1 amide bonds. The van der Waals surface area contributed by atoms with E-state index in [9.17, 15) is 18.0 Å². The predicted molar refractivity (Wildman–Crippen MR) is 65.7 cm³/mol. The molecular formula is C13H13ClF3NO. The van der Waals surface area contributed by atoms with Crippen molar-refractivity contribution in [2.75, 3.05) is 19.0 Å². The van der Waals surface area contributed by atoms with Gasteiger partial charge in [0.15, 0.2) is 0 Å².